The zero-order valence-electron chi connectivity index (χ0n) is 22.2. The average molecular weight is 510 g/mol. The lowest BCUT2D eigenvalue weighted by molar-refractivity contribution is -0.115. The number of nitrogens with one attached hydrogen (secondary N) is 3. The summed E-state index contributed by atoms with van der Waals surface area (Å²) in [5.74, 6) is -0.215. The van der Waals surface area contributed by atoms with Gasteiger partial charge < -0.3 is 10.6 Å². The fourth-order valence-electron chi connectivity index (χ4n) is 4.52. The molecule has 5 rings (SSSR count). The van der Waals surface area contributed by atoms with Gasteiger partial charge in [-0.1, -0.05) is 24.3 Å². The predicted molar refractivity (Wildman–Crippen MR) is 148 cm³/mol. The number of aromatic amines is 1. The predicted octanol–water partition coefficient (Wildman–Crippen LogP) is 5.26. The first-order chi connectivity index (χ1) is 18.1. The molecule has 2 amide bonds. The molecule has 3 N–H and O–H groups in total. The zero-order chi connectivity index (χ0) is 27.0. The Morgan fingerprint density at radius 1 is 1.08 bits per heavy atom. The molecule has 2 aromatic carbocycles. The van der Waals surface area contributed by atoms with Gasteiger partial charge in [0.05, 0.1) is 11.2 Å². The topological polar surface area (TPSA) is 117 Å². The van der Waals surface area contributed by atoms with Crippen LogP contribution in [-0.2, 0) is 16.8 Å². The van der Waals surface area contributed by atoms with Crippen molar-refractivity contribution in [1.29, 1.82) is 0 Å². The van der Waals surface area contributed by atoms with Gasteiger partial charge in [-0.15, -0.1) is 0 Å². The molecule has 1 atom stereocenters. The highest BCUT2D eigenvalue weighted by Crippen LogP contribution is 2.33. The molecule has 0 bridgehead atoms. The van der Waals surface area contributed by atoms with Crippen molar-refractivity contribution in [2.24, 2.45) is 4.99 Å². The van der Waals surface area contributed by atoms with Crippen LogP contribution in [0.5, 0.6) is 0 Å². The van der Waals surface area contributed by atoms with Crippen LogP contribution in [0.3, 0.4) is 0 Å². The van der Waals surface area contributed by atoms with E-state index in [4.69, 9.17) is 0 Å². The van der Waals surface area contributed by atoms with Gasteiger partial charge in [0.15, 0.2) is 5.82 Å². The van der Waals surface area contributed by atoms with E-state index in [9.17, 15) is 9.59 Å². The third-order valence-electron chi connectivity index (χ3n) is 6.36. The molecule has 38 heavy (non-hydrogen) atoms. The van der Waals surface area contributed by atoms with Crippen LogP contribution in [0.4, 0.5) is 17.2 Å². The van der Waals surface area contributed by atoms with E-state index < -0.39 is 5.92 Å². The minimum atomic E-state index is -0.468. The summed E-state index contributed by atoms with van der Waals surface area (Å²) in [6.45, 7) is 9.84. The Morgan fingerprint density at radius 2 is 1.82 bits per heavy atom. The Morgan fingerprint density at radius 3 is 2.50 bits per heavy atom. The van der Waals surface area contributed by atoms with Crippen molar-refractivity contribution in [3.05, 3.63) is 88.4 Å². The quantitative estimate of drug-likeness (QED) is 0.307. The van der Waals surface area contributed by atoms with Crippen LogP contribution in [0, 0.1) is 13.8 Å². The maximum absolute atomic E-state index is 13.0. The number of H-pyrrole nitrogens is 1. The zero-order valence-corrected chi connectivity index (χ0v) is 22.2. The number of fused-ring (bicyclic) bond motifs is 1. The van der Waals surface area contributed by atoms with E-state index in [0.717, 1.165) is 33.8 Å². The molecule has 1 aliphatic heterocycles. The van der Waals surface area contributed by atoms with Crippen molar-refractivity contribution in [2.45, 2.75) is 52.5 Å². The van der Waals surface area contributed by atoms with Gasteiger partial charge in [-0.05, 0) is 82.0 Å². The number of nitrogens with zero attached hydrogens (tertiary/aromatic N) is 4. The Bertz CT molecular complexity index is 1540. The number of aromatic nitrogens is 4. The van der Waals surface area contributed by atoms with Gasteiger partial charge in [0, 0.05) is 29.3 Å². The van der Waals surface area contributed by atoms with Gasteiger partial charge in [0.25, 0.3) is 5.91 Å². The SMILES string of the molecule is Cc1cc(C(=O)Nc2ccc(Cc3ccc4c(c3)C(C=Nc3cc(C)[nH]n3)C(=O)N4)cc2)n(C(C)(C)C)n1. The first kappa shape index (κ1) is 25.1. The van der Waals surface area contributed by atoms with Gasteiger partial charge in [-0.3, -0.25) is 19.4 Å². The number of carbonyl (C=O) groups is 2. The summed E-state index contributed by atoms with van der Waals surface area (Å²) in [7, 11) is 0. The van der Waals surface area contributed by atoms with Crippen molar-refractivity contribution in [2.75, 3.05) is 10.6 Å². The second-order valence-corrected chi connectivity index (χ2v) is 10.7. The van der Waals surface area contributed by atoms with Crippen LogP contribution in [-0.4, -0.2) is 38.0 Å². The van der Waals surface area contributed by atoms with Crippen molar-refractivity contribution in [3.8, 4) is 0 Å². The van der Waals surface area contributed by atoms with E-state index in [0.29, 0.717) is 23.6 Å². The lowest BCUT2D eigenvalue weighted by Gasteiger charge is -2.22. The molecule has 0 spiro atoms. The summed E-state index contributed by atoms with van der Waals surface area (Å²) in [6.07, 6.45) is 2.33. The molecule has 3 heterocycles. The Kier molecular flexibility index (Phi) is 6.44. The normalized spacial score (nSPS) is 15.1. The van der Waals surface area contributed by atoms with Crippen molar-refractivity contribution in [3.63, 3.8) is 0 Å². The second-order valence-electron chi connectivity index (χ2n) is 10.7. The Labute approximate surface area is 221 Å². The summed E-state index contributed by atoms with van der Waals surface area (Å²) < 4.78 is 1.76. The molecule has 0 saturated heterocycles. The first-order valence-corrected chi connectivity index (χ1v) is 12.5. The standard InChI is InChI=1S/C29H31N7O2/c1-17-13-26(34-33-17)30-16-23-22-15-20(8-11-24(22)32-27(23)37)14-19-6-9-21(10-7-19)31-28(38)25-12-18(2)35-36(25)29(3,4)5/h6-13,15-16,23H,14H2,1-5H3,(H,31,38)(H,32,37)(H,33,34). The van der Waals surface area contributed by atoms with Crippen LogP contribution >= 0.6 is 0 Å². The molecule has 0 aliphatic carbocycles. The molecule has 9 nitrogen and oxygen atoms in total. The summed E-state index contributed by atoms with van der Waals surface area (Å²) in [5.41, 5.74) is 6.53. The van der Waals surface area contributed by atoms with Gasteiger partial charge >= 0.3 is 0 Å². The fraction of sp³-hybridized carbons (Fsp3) is 0.276. The summed E-state index contributed by atoms with van der Waals surface area (Å²) >= 11 is 0. The number of hydrogen-bond acceptors (Lipinski definition) is 5. The third kappa shape index (κ3) is 5.27. The lowest BCUT2D eigenvalue weighted by Crippen LogP contribution is -2.29. The van der Waals surface area contributed by atoms with Gasteiger partial charge in [0.2, 0.25) is 5.91 Å². The van der Waals surface area contributed by atoms with E-state index in [1.165, 1.54) is 0 Å². The summed E-state index contributed by atoms with van der Waals surface area (Å²) in [5, 5.41) is 17.4. The lowest BCUT2D eigenvalue weighted by atomic mass is 9.96. The number of carbonyl (C=O) groups excluding carboxylic acids is 2. The molecule has 0 radical (unpaired) electrons. The average Bonchev–Trinajstić information content (AvgIpc) is 3.55. The van der Waals surface area contributed by atoms with E-state index in [-0.39, 0.29) is 17.4 Å². The van der Waals surface area contributed by atoms with Crippen LogP contribution in [0.1, 0.15) is 65.3 Å². The van der Waals surface area contributed by atoms with Crippen molar-refractivity contribution < 1.29 is 9.59 Å². The van der Waals surface area contributed by atoms with Gasteiger partial charge in [-0.2, -0.15) is 10.2 Å². The van der Waals surface area contributed by atoms with Crippen molar-refractivity contribution in [1.82, 2.24) is 20.0 Å². The maximum Gasteiger partial charge on any atom is 0.273 e. The highest BCUT2D eigenvalue weighted by molar-refractivity contribution is 6.12. The smallest absolute Gasteiger partial charge is 0.273 e. The molecule has 9 heteroatoms. The highest BCUT2D eigenvalue weighted by Gasteiger charge is 2.29. The number of aliphatic imine (C=N–C) groups is 1. The van der Waals surface area contributed by atoms with E-state index in [1.807, 2.05) is 83.1 Å². The van der Waals surface area contributed by atoms with Gasteiger partial charge in [-0.25, -0.2) is 4.99 Å². The van der Waals surface area contributed by atoms with Gasteiger partial charge in [0.1, 0.15) is 11.6 Å². The monoisotopic (exact) mass is 509 g/mol. The Balaban J connectivity index is 1.28. The number of rotatable bonds is 6. The van der Waals surface area contributed by atoms with Crippen LogP contribution in [0.2, 0.25) is 0 Å². The highest BCUT2D eigenvalue weighted by atomic mass is 16.2. The van der Waals surface area contributed by atoms with Crippen molar-refractivity contribution >= 4 is 35.2 Å². The van der Waals surface area contributed by atoms with E-state index >= 15 is 0 Å². The van der Waals surface area contributed by atoms with Crippen LogP contribution in [0.25, 0.3) is 0 Å². The third-order valence-corrected chi connectivity index (χ3v) is 6.36. The minimum Gasteiger partial charge on any atom is -0.325 e. The van der Waals surface area contributed by atoms with E-state index in [1.54, 1.807) is 17.0 Å². The molecule has 4 aromatic rings. The summed E-state index contributed by atoms with van der Waals surface area (Å²) in [4.78, 5) is 29.9. The first-order valence-electron chi connectivity index (χ1n) is 12.5. The second kappa shape index (κ2) is 9.74. The Hall–Kier alpha value is -4.53. The molecule has 1 aliphatic rings. The van der Waals surface area contributed by atoms with E-state index in [2.05, 4.69) is 30.9 Å². The number of anilines is 2. The molecule has 194 valence electrons. The number of hydrogen-bond donors (Lipinski definition) is 3. The number of aryl methyl sites for hydroxylation is 2. The number of amides is 2. The molecule has 0 saturated carbocycles. The maximum atomic E-state index is 13.0. The minimum absolute atomic E-state index is 0.101. The molecule has 1 unspecified atom stereocenters. The molecule has 0 fully saturated rings. The molecular formula is C29H31N7O2. The molecule has 2 aromatic heterocycles. The number of benzene rings is 2. The molecular weight excluding hydrogens is 478 g/mol. The fourth-order valence-corrected chi connectivity index (χ4v) is 4.52. The summed E-state index contributed by atoms with van der Waals surface area (Å²) in [6, 6.07) is 17.4. The van der Waals surface area contributed by atoms with Crippen LogP contribution < -0.4 is 10.6 Å². The largest absolute Gasteiger partial charge is 0.325 e. The van der Waals surface area contributed by atoms with Crippen LogP contribution in [0.15, 0.2) is 59.6 Å².